The summed E-state index contributed by atoms with van der Waals surface area (Å²) >= 11 is 0. The van der Waals surface area contributed by atoms with Gasteiger partial charge in [0.05, 0.1) is 12.4 Å². The molecule has 0 spiro atoms. The van der Waals surface area contributed by atoms with Crippen LogP contribution in [0, 0.1) is 0 Å². The molecule has 0 aliphatic carbocycles. The zero-order chi connectivity index (χ0) is 9.10. The number of nitrogens with two attached hydrogens (primary N) is 1. The second-order valence-corrected chi connectivity index (χ2v) is 2.72. The van der Waals surface area contributed by atoms with Gasteiger partial charge in [0.1, 0.15) is 0 Å². The summed E-state index contributed by atoms with van der Waals surface area (Å²) in [7, 11) is 0. The molecule has 3 heteroatoms. The number of aromatic nitrogens is 2. The Morgan fingerprint density at radius 1 is 1.00 bits per heavy atom. The lowest BCUT2D eigenvalue weighted by Crippen LogP contribution is -1.89. The van der Waals surface area contributed by atoms with Crippen molar-refractivity contribution in [3.63, 3.8) is 0 Å². The van der Waals surface area contributed by atoms with Gasteiger partial charge >= 0.3 is 0 Å². The third-order valence-electron chi connectivity index (χ3n) is 1.86. The fourth-order valence-electron chi connectivity index (χ4n) is 1.21. The molecule has 64 valence electrons. The van der Waals surface area contributed by atoms with Crippen molar-refractivity contribution in [2.75, 3.05) is 5.73 Å². The van der Waals surface area contributed by atoms with E-state index >= 15 is 0 Å². The van der Waals surface area contributed by atoms with Gasteiger partial charge in [0.2, 0.25) is 0 Å². The smallest absolute Gasteiger partial charge is 0.0575 e. The van der Waals surface area contributed by atoms with E-state index in [1.54, 1.807) is 12.4 Å². The summed E-state index contributed by atoms with van der Waals surface area (Å²) < 4.78 is 0. The average molecular weight is 171 g/mol. The van der Waals surface area contributed by atoms with E-state index in [-0.39, 0.29) is 0 Å². The van der Waals surface area contributed by atoms with Crippen LogP contribution in [-0.4, -0.2) is 10.2 Å². The molecule has 13 heavy (non-hydrogen) atoms. The molecule has 0 saturated carbocycles. The highest BCUT2D eigenvalue weighted by Crippen LogP contribution is 2.23. The van der Waals surface area contributed by atoms with Crippen molar-refractivity contribution in [2.45, 2.75) is 0 Å². The van der Waals surface area contributed by atoms with Crippen LogP contribution in [0.25, 0.3) is 11.1 Å². The van der Waals surface area contributed by atoms with Gasteiger partial charge in [-0.1, -0.05) is 18.2 Å². The Balaban J connectivity index is 2.54. The monoisotopic (exact) mass is 171 g/mol. The molecule has 2 aromatic rings. The first-order valence-corrected chi connectivity index (χ1v) is 3.99. The van der Waals surface area contributed by atoms with Crippen LogP contribution < -0.4 is 5.73 Å². The molecule has 1 aromatic carbocycles. The maximum atomic E-state index is 5.80. The largest absolute Gasteiger partial charge is 0.398 e. The third-order valence-corrected chi connectivity index (χ3v) is 1.86. The number of hydrogen-bond acceptors (Lipinski definition) is 3. The molecule has 0 amide bonds. The lowest BCUT2D eigenvalue weighted by atomic mass is 10.1. The van der Waals surface area contributed by atoms with Gasteiger partial charge in [0.25, 0.3) is 0 Å². The zero-order valence-corrected chi connectivity index (χ0v) is 7.01. The molecule has 1 aromatic heterocycles. The standard InChI is InChI=1S/C10H9N3/c11-10-4-2-1-3-9(10)8-5-6-12-13-7-8/h1-7H,11H2. The Labute approximate surface area is 76.2 Å². The minimum Gasteiger partial charge on any atom is -0.398 e. The molecule has 0 radical (unpaired) electrons. The van der Waals surface area contributed by atoms with Crippen molar-refractivity contribution in [1.82, 2.24) is 10.2 Å². The van der Waals surface area contributed by atoms with Gasteiger partial charge in [-0.2, -0.15) is 10.2 Å². The Morgan fingerprint density at radius 3 is 2.54 bits per heavy atom. The summed E-state index contributed by atoms with van der Waals surface area (Å²) in [4.78, 5) is 0. The number of nitrogen functional groups attached to an aromatic ring is 1. The maximum absolute atomic E-state index is 5.80. The first kappa shape index (κ1) is 7.73. The molecule has 0 aliphatic heterocycles. The fourth-order valence-corrected chi connectivity index (χ4v) is 1.21. The van der Waals surface area contributed by atoms with Gasteiger partial charge in [-0.3, -0.25) is 0 Å². The Hall–Kier alpha value is -1.90. The van der Waals surface area contributed by atoms with Crippen LogP contribution in [0.5, 0.6) is 0 Å². The van der Waals surface area contributed by atoms with E-state index in [9.17, 15) is 0 Å². The Kier molecular flexibility index (Phi) is 1.92. The summed E-state index contributed by atoms with van der Waals surface area (Å²) in [6.45, 7) is 0. The molecule has 0 atom stereocenters. The zero-order valence-electron chi connectivity index (χ0n) is 7.01. The summed E-state index contributed by atoms with van der Waals surface area (Å²) in [6.07, 6.45) is 3.35. The van der Waals surface area contributed by atoms with E-state index in [1.165, 1.54) is 0 Å². The van der Waals surface area contributed by atoms with Crippen molar-refractivity contribution in [3.8, 4) is 11.1 Å². The molecule has 1 heterocycles. The molecule has 2 rings (SSSR count). The van der Waals surface area contributed by atoms with Crippen LogP contribution >= 0.6 is 0 Å². The molecular formula is C10H9N3. The van der Waals surface area contributed by atoms with Crippen LogP contribution in [0.15, 0.2) is 42.7 Å². The number of nitrogens with zero attached hydrogens (tertiary/aromatic N) is 2. The number of para-hydroxylation sites is 1. The highest BCUT2D eigenvalue weighted by atomic mass is 15.1. The predicted molar refractivity (Wildman–Crippen MR) is 51.9 cm³/mol. The van der Waals surface area contributed by atoms with Gasteiger partial charge in [-0.05, 0) is 12.1 Å². The molecule has 0 saturated heterocycles. The van der Waals surface area contributed by atoms with Crippen molar-refractivity contribution >= 4 is 5.69 Å². The van der Waals surface area contributed by atoms with Crippen LogP contribution in [-0.2, 0) is 0 Å². The molecular weight excluding hydrogens is 162 g/mol. The fraction of sp³-hybridized carbons (Fsp3) is 0. The van der Waals surface area contributed by atoms with E-state index in [0.29, 0.717) is 0 Å². The van der Waals surface area contributed by atoms with Crippen LogP contribution in [0.2, 0.25) is 0 Å². The number of hydrogen-bond donors (Lipinski definition) is 1. The minimum absolute atomic E-state index is 0.760. The van der Waals surface area contributed by atoms with Crippen molar-refractivity contribution in [3.05, 3.63) is 42.7 Å². The minimum atomic E-state index is 0.760. The predicted octanol–water partition coefficient (Wildman–Crippen LogP) is 1.73. The van der Waals surface area contributed by atoms with E-state index in [4.69, 9.17) is 5.73 Å². The SMILES string of the molecule is Nc1ccccc1-c1ccnnc1. The quantitative estimate of drug-likeness (QED) is 0.665. The summed E-state index contributed by atoms with van der Waals surface area (Å²) in [6, 6.07) is 9.58. The van der Waals surface area contributed by atoms with E-state index in [0.717, 1.165) is 16.8 Å². The van der Waals surface area contributed by atoms with Crippen molar-refractivity contribution in [2.24, 2.45) is 0 Å². The highest BCUT2D eigenvalue weighted by molar-refractivity contribution is 5.75. The molecule has 0 bridgehead atoms. The molecule has 0 unspecified atom stereocenters. The van der Waals surface area contributed by atoms with E-state index < -0.39 is 0 Å². The summed E-state index contributed by atoms with van der Waals surface area (Å²) in [5.74, 6) is 0. The second kappa shape index (κ2) is 3.23. The summed E-state index contributed by atoms with van der Waals surface area (Å²) in [5.41, 5.74) is 8.56. The normalized spacial score (nSPS) is 9.85. The summed E-state index contributed by atoms with van der Waals surface area (Å²) in [5, 5.41) is 7.51. The van der Waals surface area contributed by atoms with Crippen LogP contribution in [0.3, 0.4) is 0 Å². The van der Waals surface area contributed by atoms with E-state index in [2.05, 4.69) is 10.2 Å². The lowest BCUT2D eigenvalue weighted by molar-refractivity contribution is 1.03. The lowest BCUT2D eigenvalue weighted by Gasteiger charge is -2.02. The van der Waals surface area contributed by atoms with Crippen LogP contribution in [0.1, 0.15) is 0 Å². The first-order valence-electron chi connectivity index (χ1n) is 3.99. The third kappa shape index (κ3) is 1.49. The van der Waals surface area contributed by atoms with Gasteiger partial charge < -0.3 is 5.73 Å². The van der Waals surface area contributed by atoms with Crippen LogP contribution in [0.4, 0.5) is 5.69 Å². The molecule has 3 nitrogen and oxygen atoms in total. The van der Waals surface area contributed by atoms with Crippen molar-refractivity contribution < 1.29 is 0 Å². The Bertz CT molecular complexity index is 398. The number of benzene rings is 1. The number of anilines is 1. The maximum Gasteiger partial charge on any atom is 0.0575 e. The molecule has 2 N–H and O–H groups in total. The highest BCUT2D eigenvalue weighted by Gasteiger charge is 1.99. The molecule has 0 fully saturated rings. The second-order valence-electron chi connectivity index (χ2n) is 2.72. The van der Waals surface area contributed by atoms with Gasteiger partial charge in [0.15, 0.2) is 0 Å². The van der Waals surface area contributed by atoms with E-state index in [1.807, 2.05) is 30.3 Å². The van der Waals surface area contributed by atoms with Crippen molar-refractivity contribution in [1.29, 1.82) is 0 Å². The van der Waals surface area contributed by atoms with Gasteiger partial charge in [-0.15, -0.1) is 0 Å². The van der Waals surface area contributed by atoms with Gasteiger partial charge in [-0.25, -0.2) is 0 Å². The average Bonchev–Trinajstić information content (AvgIpc) is 2.20. The topological polar surface area (TPSA) is 51.8 Å². The molecule has 0 aliphatic rings. The first-order chi connectivity index (χ1) is 6.38. The Morgan fingerprint density at radius 2 is 1.85 bits per heavy atom. The number of rotatable bonds is 1. The van der Waals surface area contributed by atoms with Gasteiger partial charge in [0, 0.05) is 16.8 Å².